The molecular formula is C15H18FNO2. The molecule has 0 radical (unpaired) electrons. The van der Waals surface area contributed by atoms with E-state index in [2.05, 4.69) is 5.32 Å². The lowest BCUT2D eigenvalue weighted by Crippen LogP contribution is -2.19. The normalized spacial score (nSPS) is 12.4. The van der Waals surface area contributed by atoms with Crippen LogP contribution < -0.4 is 10.1 Å². The van der Waals surface area contributed by atoms with E-state index in [0.717, 1.165) is 16.9 Å². The molecule has 0 aliphatic rings. The van der Waals surface area contributed by atoms with Crippen molar-refractivity contribution in [2.45, 2.75) is 19.4 Å². The number of aryl methyl sites for hydroxylation is 1. The van der Waals surface area contributed by atoms with Crippen LogP contribution in [0.4, 0.5) is 4.39 Å². The van der Waals surface area contributed by atoms with Gasteiger partial charge in [0.15, 0.2) is 11.6 Å². The number of hydrogen-bond acceptors (Lipinski definition) is 3. The van der Waals surface area contributed by atoms with Gasteiger partial charge in [0.25, 0.3) is 0 Å². The minimum atomic E-state index is -0.342. The standard InChI is InChI=1S/C15H18FNO2/c1-10-6-7-19-15(10)13(17-2)9-11-4-5-14(18-3)12(16)8-11/h4-8,13,17H,9H2,1-3H3. The Bertz CT molecular complexity index is 551. The first-order valence-corrected chi connectivity index (χ1v) is 6.19. The fourth-order valence-corrected chi connectivity index (χ4v) is 2.14. The Hall–Kier alpha value is -1.81. The van der Waals surface area contributed by atoms with Crippen LogP contribution in [0.5, 0.6) is 5.75 Å². The van der Waals surface area contributed by atoms with Gasteiger partial charge in [-0.05, 0) is 49.7 Å². The van der Waals surface area contributed by atoms with Crippen LogP contribution >= 0.6 is 0 Å². The predicted octanol–water partition coefficient (Wildman–Crippen LogP) is 3.24. The smallest absolute Gasteiger partial charge is 0.165 e. The van der Waals surface area contributed by atoms with Crippen molar-refractivity contribution in [1.82, 2.24) is 5.32 Å². The van der Waals surface area contributed by atoms with E-state index in [1.54, 1.807) is 12.3 Å². The molecule has 0 saturated carbocycles. The monoisotopic (exact) mass is 263 g/mol. The topological polar surface area (TPSA) is 34.4 Å². The number of benzene rings is 1. The van der Waals surface area contributed by atoms with Gasteiger partial charge in [0, 0.05) is 0 Å². The Morgan fingerprint density at radius 2 is 2.16 bits per heavy atom. The summed E-state index contributed by atoms with van der Waals surface area (Å²) in [6.45, 7) is 2.00. The highest BCUT2D eigenvalue weighted by atomic mass is 19.1. The summed E-state index contributed by atoms with van der Waals surface area (Å²) in [4.78, 5) is 0. The summed E-state index contributed by atoms with van der Waals surface area (Å²) in [5.41, 5.74) is 1.99. The Morgan fingerprint density at radius 1 is 1.37 bits per heavy atom. The van der Waals surface area contributed by atoms with Gasteiger partial charge >= 0.3 is 0 Å². The third kappa shape index (κ3) is 2.96. The predicted molar refractivity (Wildman–Crippen MR) is 71.9 cm³/mol. The van der Waals surface area contributed by atoms with Crippen molar-refractivity contribution in [3.05, 3.63) is 53.2 Å². The summed E-state index contributed by atoms with van der Waals surface area (Å²) in [5, 5.41) is 3.19. The quantitative estimate of drug-likeness (QED) is 0.899. The highest BCUT2D eigenvalue weighted by Crippen LogP contribution is 2.24. The van der Waals surface area contributed by atoms with E-state index in [1.165, 1.54) is 13.2 Å². The van der Waals surface area contributed by atoms with E-state index in [0.29, 0.717) is 6.42 Å². The van der Waals surface area contributed by atoms with Crippen LogP contribution in [0.1, 0.15) is 22.9 Å². The first-order valence-electron chi connectivity index (χ1n) is 6.19. The molecule has 0 spiro atoms. The molecule has 1 atom stereocenters. The van der Waals surface area contributed by atoms with Crippen molar-refractivity contribution in [2.75, 3.05) is 14.2 Å². The van der Waals surface area contributed by atoms with E-state index >= 15 is 0 Å². The maximum absolute atomic E-state index is 13.7. The third-order valence-electron chi connectivity index (χ3n) is 3.22. The molecule has 0 saturated heterocycles. The number of rotatable bonds is 5. The van der Waals surface area contributed by atoms with Crippen molar-refractivity contribution < 1.29 is 13.5 Å². The third-order valence-corrected chi connectivity index (χ3v) is 3.22. The fraction of sp³-hybridized carbons (Fsp3) is 0.333. The van der Waals surface area contributed by atoms with Crippen molar-refractivity contribution >= 4 is 0 Å². The molecule has 4 heteroatoms. The van der Waals surface area contributed by atoms with Crippen LogP contribution in [0, 0.1) is 12.7 Å². The second kappa shape index (κ2) is 5.89. The Kier molecular flexibility index (Phi) is 4.22. The lowest BCUT2D eigenvalue weighted by Gasteiger charge is -2.15. The van der Waals surface area contributed by atoms with Gasteiger partial charge < -0.3 is 14.5 Å². The molecule has 2 rings (SSSR count). The summed E-state index contributed by atoms with van der Waals surface area (Å²) in [7, 11) is 3.33. The van der Waals surface area contributed by atoms with Gasteiger partial charge in [-0.1, -0.05) is 6.07 Å². The van der Waals surface area contributed by atoms with E-state index in [9.17, 15) is 4.39 Å². The Morgan fingerprint density at radius 3 is 2.68 bits per heavy atom. The van der Waals surface area contributed by atoms with Crippen LogP contribution in [0.2, 0.25) is 0 Å². The molecule has 0 fully saturated rings. The first kappa shape index (κ1) is 13.6. The van der Waals surface area contributed by atoms with Gasteiger partial charge in [-0.15, -0.1) is 0 Å². The molecule has 1 unspecified atom stereocenters. The molecule has 0 bridgehead atoms. The summed E-state index contributed by atoms with van der Waals surface area (Å²) >= 11 is 0. The molecule has 0 amide bonds. The molecular weight excluding hydrogens is 245 g/mol. The summed E-state index contributed by atoms with van der Waals surface area (Å²) in [5.74, 6) is 0.809. The molecule has 19 heavy (non-hydrogen) atoms. The van der Waals surface area contributed by atoms with E-state index in [1.807, 2.05) is 26.1 Å². The number of ether oxygens (including phenoxy) is 1. The largest absolute Gasteiger partial charge is 0.494 e. The lowest BCUT2D eigenvalue weighted by atomic mass is 10.0. The Balaban J connectivity index is 2.19. The average molecular weight is 263 g/mol. The van der Waals surface area contributed by atoms with Gasteiger partial charge in [0.2, 0.25) is 0 Å². The summed E-state index contributed by atoms with van der Waals surface area (Å²) < 4.78 is 24.1. The molecule has 0 aliphatic carbocycles. The average Bonchev–Trinajstić information content (AvgIpc) is 2.82. The molecule has 1 aromatic heterocycles. The lowest BCUT2D eigenvalue weighted by molar-refractivity contribution is 0.385. The maximum atomic E-state index is 13.7. The van der Waals surface area contributed by atoms with Gasteiger partial charge in [0.1, 0.15) is 5.76 Å². The van der Waals surface area contributed by atoms with Gasteiger partial charge in [-0.25, -0.2) is 4.39 Å². The van der Waals surface area contributed by atoms with Crippen molar-refractivity contribution in [1.29, 1.82) is 0 Å². The van der Waals surface area contributed by atoms with Gasteiger partial charge in [-0.2, -0.15) is 0 Å². The van der Waals surface area contributed by atoms with E-state index in [-0.39, 0.29) is 17.6 Å². The molecule has 102 valence electrons. The Labute approximate surface area is 112 Å². The molecule has 3 nitrogen and oxygen atoms in total. The molecule has 0 aliphatic heterocycles. The minimum absolute atomic E-state index is 0.0304. The maximum Gasteiger partial charge on any atom is 0.165 e. The van der Waals surface area contributed by atoms with Gasteiger partial charge in [0.05, 0.1) is 19.4 Å². The SMILES string of the molecule is CNC(Cc1ccc(OC)c(F)c1)c1occc1C. The molecule has 1 heterocycles. The van der Waals surface area contributed by atoms with Crippen LogP contribution in [-0.4, -0.2) is 14.2 Å². The van der Waals surface area contributed by atoms with Crippen LogP contribution in [0.3, 0.4) is 0 Å². The number of nitrogens with one attached hydrogen (secondary N) is 1. The summed E-state index contributed by atoms with van der Waals surface area (Å²) in [6, 6.07) is 6.97. The van der Waals surface area contributed by atoms with Crippen molar-refractivity contribution in [2.24, 2.45) is 0 Å². The zero-order valence-electron chi connectivity index (χ0n) is 11.4. The molecule has 2 aromatic rings. The fourth-order valence-electron chi connectivity index (χ4n) is 2.14. The number of methoxy groups -OCH3 is 1. The molecule has 1 N–H and O–H groups in total. The second-order valence-electron chi connectivity index (χ2n) is 4.48. The highest BCUT2D eigenvalue weighted by Gasteiger charge is 2.16. The zero-order valence-corrected chi connectivity index (χ0v) is 11.4. The number of hydrogen-bond donors (Lipinski definition) is 1. The zero-order chi connectivity index (χ0) is 13.8. The van der Waals surface area contributed by atoms with Crippen LogP contribution in [0.25, 0.3) is 0 Å². The first-order chi connectivity index (χ1) is 9.15. The number of likely N-dealkylation sites (N-methyl/N-ethyl adjacent to an activating group) is 1. The van der Waals surface area contributed by atoms with Crippen molar-refractivity contribution in [3.63, 3.8) is 0 Å². The van der Waals surface area contributed by atoms with Crippen molar-refractivity contribution in [3.8, 4) is 5.75 Å². The highest BCUT2D eigenvalue weighted by molar-refractivity contribution is 5.31. The van der Waals surface area contributed by atoms with E-state index < -0.39 is 0 Å². The minimum Gasteiger partial charge on any atom is -0.494 e. The molecule has 1 aromatic carbocycles. The number of furan rings is 1. The van der Waals surface area contributed by atoms with E-state index in [4.69, 9.17) is 9.15 Å². The van der Waals surface area contributed by atoms with Crippen LogP contribution in [-0.2, 0) is 6.42 Å². The summed E-state index contributed by atoms with van der Waals surface area (Å²) in [6.07, 6.45) is 2.33. The van der Waals surface area contributed by atoms with Crippen LogP contribution in [0.15, 0.2) is 34.9 Å². The second-order valence-corrected chi connectivity index (χ2v) is 4.48. The van der Waals surface area contributed by atoms with Gasteiger partial charge in [-0.3, -0.25) is 0 Å². The number of halogens is 1.